The van der Waals surface area contributed by atoms with Crippen LogP contribution in [0.15, 0.2) is 41.5 Å². The number of rotatable bonds is 8. The van der Waals surface area contributed by atoms with E-state index >= 15 is 0 Å². The van der Waals surface area contributed by atoms with E-state index in [1.807, 2.05) is 18.3 Å². The van der Waals surface area contributed by atoms with Gasteiger partial charge < -0.3 is 15.4 Å². The molecule has 3 rings (SSSR count). The van der Waals surface area contributed by atoms with Crippen LogP contribution >= 0.6 is 0 Å². The number of para-hydroxylation sites is 1. The summed E-state index contributed by atoms with van der Waals surface area (Å²) in [6.45, 7) is 5.39. The van der Waals surface area contributed by atoms with Crippen molar-refractivity contribution in [1.82, 2.24) is 15.6 Å². The van der Waals surface area contributed by atoms with E-state index in [2.05, 4.69) is 40.7 Å². The molecule has 1 fully saturated rings. The Morgan fingerprint density at radius 2 is 2.08 bits per heavy atom. The molecular weight excluding hydrogens is 324 g/mol. The van der Waals surface area contributed by atoms with Crippen LogP contribution in [-0.2, 0) is 11.3 Å². The standard InChI is InChI=1S/C21H30N4O/c1-3-22-20(25-16-21(10-6-11-21)12-14-26-2)24-15-17-9-13-23-19-8-5-4-7-18(17)19/h4-5,7-9,13H,3,6,10-12,14-16H2,1-2H3,(H2,22,24,25). The number of guanidine groups is 1. The summed E-state index contributed by atoms with van der Waals surface area (Å²) < 4.78 is 5.29. The topological polar surface area (TPSA) is 58.5 Å². The molecule has 0 unspecified atom stereocenters. The average molecular weight is 354 g/mol. The second kappa shape index (κ2) is 8.99. The maximum Gasteiger partial charge on any atom is 0.191 e. The van der Waals surface area contributed by atoms with Gasteiger partial charge in [0.2, 0.25) is 0 Å². The van der Waals surface area contributed by atoms with Crippen molar-refractivity contribution < 1.29 is 4.74 Å². The molecule has 1 aliphatic rings. The lowest BCUT2D eigenvalue weighted by atomic mass is 9.67. The SMILES string of the molecule is CCNC(=NCc1ccnc2ccccc12)NCC1(CCOC)CCC1. The monoisotopic (exact) mass is 354 g/mol. The predicted octanol–water partition coefficient (Wildman–Crippen LogP) is 3.50. The molecular formula is C21H30N4O. The normalized spacial score (nSPS) is 16.3. The summed E-state index contributed by atoms with van der Waals surface area (Å²) in [5, 5.41) is 8.10. The van der Waals surface area contributed by atoms with Crippen LogP contribution in [0, 0.1) is 5.41 Å². The molecule has 5 heteroatoms. The first kappa shape index (κ1) is 18.6. The lowest BCUT2D eigenvalue weighted by Crippen LogP contribution is -2.46. The molecule has 0 amide bonds. The summed E-state index contributed by atoms with van der Waals surface area (Å²) in [5.74, 6) is 0.886. The minimum atomic E-state index is 0.371. The zero-order chi connectivity index (χ0) is 18.2. The first-order chi connectivity index (χ1) is 12.8. The number of hydrogen-bond acceptors (Lipinski definition) is 3. The first-order valence-electron chi connectivity index (χ1n) is 9.60. The van der Waals surface area contributed by atoms with E-state index in [1.54, 1.807) is 7.11 Å². The highest BCUT2D eigenvalue weighted by atomic mass is 16.5. The molecule has 0 atom stereocenters. The summed E-state index contributed by atoms with van der Waals surface area (Å²) >= 11 is 0. The largest absolute Gasteiger partial charge is 0.385 e. The van der Waals surface area contributed by atoms with E-state index in [0.717, 1.165) is 37.6 Å². The molecule has 1 aromatic carbocycles. The summed E-state index contributed by atoms with van der Waals surface area (Å²) in [6.07, 6.45) is 6.85. The van der Waals surface area contributed by atoms with Gasteiger partial charge in [0.25, 0.3) is 0 Å². The predicted molar refractivity (Wildman–Crippen MR) is 107 cm³/mol. The Morgan fingerprint density at radius 1 is 1.23 bits per heavy atom. The molecule has 2 aromatic rings. The number of nitrogens with one attached hydrogen (secondary N) is 2. The van der Waals surface area contributed by atoms with Gasteiger partial charge in [-0.15, -0.1) is 0 Å². The van der Waals surface area contributed by atoms with E-state index < -0.39 is 0 Å². The lowest BCUT2D eigenvalue weighted by molar-refractivity contribution is 0.0732. The Morgan fingerprint density at radius 3 is 2.81 bits per heavy atom. The quantitative estimate of drug-likeness (QED) is 0.563. The van der Waals surface area contributed by atoms with Crippen molar-refractivity contribution in [3.05, 3.63) is 42.1 Å². The van der Waals surface area contributed by atoms with Crippen molar-refractivity contribution in [3.63, 3.8) is 0 Å². The molecule has 0 saturated heterocycles. The fourth-order valence-electron chi connectivity index (χ4n) is 3.58. The Kier molecular flexibility index (Phi) is 6.45. The van der Waals surface area contributed by atoms with Gasteiger partial charge in [-0.05, 0) is 49.3 Å². The second-order valence-corrected chi connectivity index (χ2v) is 7.13. The number of aliphatic imine (C=N–C) groups is 1. The molecule has 2 N–H and O–H groups in total. The number of aromatic nitrogens is 1. The second-order valence-electron chi connectivity index (χ2n) is 7.13. The van der Waals surface area contributed by atoms with Gasteiger partial charge in [0, 0.05) is 38.4 Å². The molecule has 1 saturated carbocycles. The highest BCUT2D eigenvalue weighted by molar-refractivity contribution is 5.83. The van der Waals surface area contributed by atoms with E-state index in [4.69, 9.17) is 9.73 Å². The summed E-state index contributed by atoms with van der Waals surface area (Å²) in [4.78, 5) is 9.24. The van der Waals surface area contributed by atoms with Crippen molar-refractivity contribution in [2.75, 3.05) is 26.8 Å². The minimum absolute atomic E-state index is 0.371. The van der Waals surface area contributed by atoms with E-state index in [9.17, 15) is 0 Å². The van der Waals surface area contributed by atoms with Crippen molar-refractivity contribution >= 4 is 16.9 Å². The number of methoxy groups -OCH3 is 1. The number of nitrogens with zero attached hydrogens (tertiary/aromatic N) is 2. The third-order valence-corrected chi connectivity index (χ3v) is 5.37. The molecule has 0 bridgehead atoms. The van der Waals surface area contributed by atoms with Crippen LogP contribution in [0.3, 0.4) is 0 Å². The van der Waals surface area contributed by atoms with Crippen molar-refractivity contribution in [1.29, 1.82) is 0 Å². The molecule has 5 nitrogen and oxygen atoms in total. The first-order valence-corrected chi connectivity index (χ1v) is 9.60. The number of ether oxygens (including phenoxy) is 1. The van der Waals surface area contributed by atoms with Gasteiger partial charge in [-0.25, -0.2) is 4.99 Å². The molecule has 1 heterocycles. The number of benzene rings is 1. The fraction of sp³-hybridized carbons (Fsp3) is 0.524. The van der Waals surface area contributed by atoms with Crippen LogP contribution in [-0.4, -0.2) is 37.7 Å². The van der Waals surface area contributed by atoms with Crippen LogP contribution in [0.1, 0.15) is 38.2 Å². The highest BCUT2D eigenvalue weighted by Crippen LogP contribution is 2.43. The Labute approximate surface area is 156 Å². The smallest absolute Gasteiger partial charge is 0.191 e. The third kappa shape index (κ3) is 4.52. The number of fused-ring (bicyclic) bond motifs is 1. The Balaban J connectivity index is 1.67. The van der Waals surface area contributed by atoms with Crippen LogP contribution in [0.25, 0.3) is 10.9 Å². The molecule has 0 aliphatic heterocycles. The zero-order valence-corrected chi connectivity index (χ0v) is 15.9. The van der Waals surface area contributed by atoms with Gasteiger partial charge in [-0.3, -0.25) is 4.98 Å². The molecule has 1 aromatic heterocycles. The molecule has 26 heavy (non-hydrogen) atoms. The molecule has 140 valence electrons. The Hall–Kier alpha value is -2.14. The molecule has 1 aliphatic carbocycles. The zero-order valence-electron chi connectivity index (χ0n) is 15.9. The fourth-order valence-corrected chi connectivity index (χ4v) is 3.58. The Bertz CT molecular complexity index is 734. The molecule has 0 radical (unpaired) electrons. The van der Waals surface area contributed by atoms with Crippen LogP contribution < -0.4 is 10.6 Å². The summed E-state index contributed by atoms with van der Waals surface area (Å²) in [5.41, 5.74) is 2.59. The van der Waals surface area contributed by atoms with E-state index in [0.29, 0.717) is 12.0 Å². The van der Waals surface area contributed by atoms with Gasteiger partial charge in [-0.1, -0.05) is 24.6 Å². The maximum atomic E-state index is 5.29. The van der Waals surface area contributed by atoms with Crippen molar-refractivity contribution in [2.45, 2.75) is 39.2 Å². The maximum absolute atomic E-state index is 5.29. The average Bonchev–Trinajstić information content (AvgIpc) is 2.64. The molecule has 0 spiro atoms. The van der Waals surface area contributed by atoms with Crippen molar-refractivity contribution in [3.8, 4) is 0 Å². The number of hydrogen-bond donors (Lipinski definition) is 2. The van der Waals surface area contributed by atoms with Crippen molar-refractivity contribution in [2.24, 2.45) is 10.4 Å². The van der Waals surface area contributed by atoms with E-state index in [1.165, 1.54) is 30.2 Å². The third-order valence-electron chi connectivity index (χ3n) is 5.37. The van der Waals surface area contributed by atoms with Gasteiger partial charge in [0.15, 0.2) is 5.96 Å². The van der Waals surface area contributed by atoms with Crippen LogP contribution in [0.5, 0.6) is 0 Å². The highest BCUT2D eigenvalue weighted by Gasteiger charge is 2.36. The van der Waals surface area contributed by atoms with Gasteiger partial charge in [0.05, 0.1) is 12.1 Å². The van der Waals surface area contributed by atoms with Crippen LogP contribution in [0.4, 0.5) is 0 Å². The summed E-state index contributed by atoms with van der Waals surface area (Å²) in [6, 6.07) is 10.3. The van der Waals surface area contributed by atoms with E-state index in [-0.39, 0.29) is 0 Å². The van der Waals surface area contributed by atoms with Gasteiger partial charge >= 0.3 is 0 Å². The van der Waals surface area contributed by atoms with Crippen LogP contribution in [0.2, 0.25) is 0 Å². The summed E-state index contributed by atoms with van der Waals surface area (Å²) in [7, 11) is 1.78. The van der Waals surface area contributed by atoms with Gasteiger partial charge in [-0.2, -0.15) is 0 Å². The minimum Gasteiger partial charge on any atom is -0.385 e. The van der Waals surface area contributed by atoms with Gasteiger partial charge in [0.1, 0.15) is 0 Å². The lowest BCUT2D eigenvalue weighted by Gasteiger charge is -2.42. The number of pyridine rings is 1.